The van der Waals surface area contributed by atoms with Crippen molar-refractivity contribution in [2.24, 2.45) is 0 Å². The van der Waals surface area contributed by atoms with Crippen molar-refractivity contribution in [2.45, 2.75) is 90.9 Å². The van der Waals surface area contributed by atoms with Gasteiger partial charge in [0.05, 0.1) is 0 Å². The number of aliphatic carboxylic acids is 2. The first-order valence-electron chi connectivity index (χ1n) is 7.98. The Morgan fingerprint density at radius 1 is 0.609 bits per heavy atom. The van der Waals surface area contributed by atoms with E-state index in [1.54, 1.807) is 0 Å². The van der Waals surface area contributed by atoms with E-state index in [2.05, 4.69) is 13.8 Å². The summed E-state index contributed by atoms with van der Waals surface area (Å²) in [4.78, 5) is 20.1. The Morgan fingerprint density at radius 2 is 0.870 bits per heavy atom. The molecule has 0 aliphatic carbocycles. The SMILES string of the molecule is CCCCCCCC(=O)O.CCCCCCCC(=O)O.[I+].[I+].[Te+2]. The van der Waals surface area contributed by atoms with Crippen LogP contribution in [0.5, 0.6) is 0 Å². The number of carbonyl (C=O) groups is 2. The number of carboxylic acid groups (broad SMARTS) is 2. The number of hydrogen-bond donors (Lipinski definition) is 2. The van der Waals surface area contributed by atoms with Crippen molar-refractivity contribution in [1.82, 2.24) is 0 Å². The largest absolute Gasteiger partial charge is 2.00 e. The molecule has 7 heteroatoms. The first kappa shape index (κ1) is 35.3. The number of carboxylic acids is 2. The third-order valence-electron chi connectivity index (χ3n) is 2.99. The maximum Gasteiger partial charge on any atom is 2.00 e. The molecule has 0 fully saturated rings. The van der Waals surface area contributed by atoms with E-state index in [0.29, 0.717) is 12.8 Å². The number of rotatable bonds is 12. The molecule has 0 saturated carbocycles. The Balaban J connectivity index is -0.0000000831. The minimum Gasteiger partial charge on any atom is -0.481 e. The first-order valence-corrected chi connectivity index (χ1v) is 7.98. The minimum absolute atomic E-state index is 0. The van der Waals surface area contributed by atoms with Crippen molar-refractivity contribution in [3.63, 3.8) is 0 Å². The molecule has 0 bridgehead atoms. The van der Waals surface area contributed by atoms with Gasteiger partial charge < -0.3 is 10.2 Å². The van der Waals surface area contributed by atoms with E-state index in [9.17, 15) is 9.59 Å². The summed E-state index contributed by atoms with van der Waals surface area (Å²) in [5.74, 6) is -1.34. The van der Waals surface area contributed by atoms with Crippen LogP contribution in [0, 0.1) is 0 Å². The monoisotopic (exact) mass is 672 g/mol. The average molecular weight is 670 g/mol. The fraction of sp³-hybridized carbons (Fsp3) is 0.875. The van der Waals surface area contributed by atoms with Gasteiger partial charge in [0.1, 0.15) is 0 Å². The third kappa shape index (κ3) is 45.1. The Morgan fingerprint density at radius 3 is 1.09 bits per heavy atom. The summed E-state index contributed by atoms with van der Waals surface area (Å²) in [5, 5.41) is 16.5. The fourth-order valence-electron chi connectivity index (χ4n) is 1.76. The van der Waals surface area contributed by atoms with Crippen molar-refractivity contribution >= 4 is 35.6 Å². The molecule has 0 heterocycles. The molecule has 8 radical (unpaired) electrons. The molecule has 0 amide bonds. The van der Waals surface area contributed by atoms with Gasteiger partial charge in [-0.15, -0.1) is 0 Å². The van der Waals surface area contributed by atoms with E-state index in [1.165, 1.54) is 38.5 Å². The molecule has 0 rings (SSSR count). The first-order chi connectivity index (χ1) is 9.54. The molecule has 0 unspecified atom stereocenters. The zero-order chi connectivity index (χ0) is 15.6. The van der Waals surface area contributed by atoms with Crippen LogP contribution >= 0.6 is 0 Å². The van der Waals surface area contributed by atoms with E-state index in [0.717, 1.165) is 25.7 Å². The third-order valence-corrected chi connectivity index (χ3v) is 2.99. The van der Waals surface area contributed by atoms with Gasteiger partial charge in [-0.25, -0.2) is 0 Å². The Kier molecular flexibility index (Phi) is 47.6. The predicted octanol–water partition coefficient (Wildman–Crippen LogP) is -1.51. The molecule has 0 aromatic rings. The van der Waals surface area contributed by atoms with Crippen molar-refractivity contribution in [3.05, 3.63) is 0 Å². The fourth-order valence-corrected chi connectivity index (χ4v) is 1.76. The molecular weight excluding hydrogens is 638 g/mol. The van der Waals surface area contributed by atoms with Gasteiger partial charge in [-0.3, -0.25) is 9.59 Å². The summed E-state index contributed by atoms with van der Waals surface area (Å²) >= 11 is 0. The summed E-state index contributed by atoms with van der Waals surface area (Å²) in [6.45, 7) is 4.30. The molecule has 0 aliphatic rings. The zero-order valence-corrected chi connectivity index (χ0v) is 21.0. The summed E-state index contributed by atoms with van der Waals surface area (Å²) in [6, 6.07) is 0. The predicted molar refractivity (Wildman–Crippen MR) is 87.8 cm³/mol. The number of unbranched alkanes of at least 4 members (excludes halogenated alkanes) is 8. The van der Waals surface area contributed by atoms with Crippen LogP contribution in [0.3, 0.4) is 0 Å². The van der Waals surface area contributed by atoms with E-state index in [1.807, 2.05) is 0 Å². The van der Waals surface area contributed by atoms with Crippen molar-refractivity contribution in [3.8, 4) is 0 Å². The van der Waals surface area contributed by atoms with Crippen LogP contribution in [0.1, 0.15) is 90.9 Å². The van der Waals surface area contributed by atoms with Gasteiger partial charge in [-0.1, -0.05) is 65.2 Å². The van der Waals surface area contributed by atoms with Gasteiger partial charge in [0, 0.05) is 12.8 Å². The quantitative estimate of drug-likeness (QED) is 0.151. The van der Waals surface area contributed by atoms with E-state index < -0.39 is 11.9 Å². The average Bonchev–Trinajstić information content (AvgIpc) is 2.38. The summed E-state index contributed by atoms with van der Waals surface area (Å²) in [6.07, 6.45) is 11.8. The van der Waals surface area contributed by atoms with Gasteiger partial charge >= 0.3 is 83.6 Å². The van der Waals surface area contributed by atoms with Crippen LogP contribution in [0.4, 0.5) is 0 Å². The Hall–Kier alpha value is 1.19. The molecule has 2 N–H and O–H groups in total. The maximum absolute atomic E-state index is 10.0. The number of halogens is 2. The van der Waals surface area contributed by atoms with E-state index in [4.69, 9.17) is 10.2 Å². The van der Waals surface area contributed by atoms with Crippen molar-refractivity contribution in [1.29, 1.82) is 0 Å². The van der Waals surface area contributed by atoms with Crippen LogP contribution in [0.2, 0.25) is 0 Å². The van der Waals surface area contributed by atoms with Crippen LogP contribution in [-0.2, 0) is 9.59 Å². The smallest absolute Gasteiger partial charge is 0.481 e. The molecule has 0 aliphatic heterocycles. The normalized spacial score (nSPS) is 8.43. The van der Waals surface area contributed by atoms with Crippen LogP contribution in [0.25, 0.3) is 0 Å². The number of hydrogen-bond acceptors (Lipinski definition) is 2. The van der Waals surface area contributed by atoms with Gasteiger partial charge in [0.25, 0.3) is 0 Å². The minimum atomic E-state index is -0.670. The summed E-state index contributed by atoms with van der Waals surface area (Å²) in [7, 11) is 0. The molecule has 136 valence electrons. The van der Waals surface area contributed by atoms with Crippen molar-refractivity contribution in [2.75, 3.05) is 0 Å². The molecule has 0 spiro atoms. The van der Waals surface area contributed by atoms with E-state index >= 15 is 0 Å². The summed E-state index contributed by atoms with van der Waals surface area (Å²) in [5.41, 5.74) is 0. The topological polar surface area (TPSA) is 74.6 Å². The standard InChI is InChI=1S/2C8H16O2.2I.Te/c2*1-2-3-4-5-6-7-8(9)10;;;/h2*2-7H2,1H3,(H,9,10);;;/q;;2*+1;+2. The van der Waals surface area contributed by atoms with Crippen LogP contribution in [-0.4, -0.2) is 45.8 Å². The maximum atomic E-state index is 10.0. The molecule has 0 atom stereocenters. The van der Waals surface area contributed by atoms with Crippen LogP contribution < -0.4 is 48.0 Å². The van der Waals surface area contributed by atoms with Crippen molar-refractivity contribution < 1.29 is 67.8 Å². The van der Waals surface area contributed by atoms with E-state index in [-0.39, 0.29) is 71.6 Å². The van der Waals surface area contributed by atoms with Gasteiger partial charge in [0.15, 0.2) is 0 Å². The molecular formula is C16H32I2O4Te+4. The second-order valence-corrected chi connectivity index (χ2v) is 5.12. The zero-order valence-electron chi connectivity index (χ0n) is 14.4. The molecule has 0 aromatic carbocycles. The van der Waals surface area contributed by atoms with Gasteiger partial charge in [-0.05, 0) is 12.8 Å². The second-order valence-electron chi connectivity index (χ2n) is 5.12. The van der Waals surface area contributed by atoms with Gasteiger partial charge in [-0.2, -0.15) is 0 Å². The molecule has 23 heavy (non-hydrogen) atoms. The van der Waals surface area contributed by atoms with Gasteiger partial charge in [0.2, 0.25) is 0 Å². The summed E-state index contributed by atoms with van der Waals surface area (Å²) < 4.78 is 0. The molecule has 0 aromatic heterocycles. The molecule has 0 saturated heterocycles. The second kappa shape index (κ2) is 31.0. The molecule has 4 nitrogen and oxygen atoms in total. The Labute approximate surface area is 192 Å². The van der Waals surface area contributed by atoms with Crippen LogP contribution in [0.15, 0.2) is 0 Å². The Bertz CT molecular complexity index is 218.